The highest BCUT2D eigenvalue weighted by atomic mass is 19.3. The molecule has 1 aromatic heterocycles. The molecule has 0 spiro atoms. The molecule has 0 saturated carbocycles. The van der Waals surface area contributed by atoms with Gasteiger partial charge in [-0.1, -0.05) is 0 Å². The third-order valence-electron chi connectivity index (χ3n) is 5.04. The second-order valence-corrected chi connectivity index (χ2v) is 6.68. The lowest BCUT2D eigenvalue weighted by atomic mass is 10.0. The molecule has 2 aliphatic rings. The number of hydrogen-bond acceptors (Lipinski definition) is 5. The van der Waals surface area contributed by atoms with Gasteiger partial charge in [0.15, 0.2) is 0 Å². The van der Waals surface area contributed by atoms with E-state index in [4.69, 9.17) is 4.74 Å². The molecular formula is C17H23F2N3O3. The van der Waals surface area contributed by atoms with Crippen LogP contribution in [0.1, 0.15) is 29.6 Å². The number of likely N-dealkylation sites (tertiary alicyclic amines) is 2. The molecule has 0 bridgehead atoms. The van der Waals surface area contributed by atoms with Crippen molar-refractivity contribution in [3.63, 3.8) is 0 Å². The summed E-state index contributed by atoms with van der Waals surface area (Å²) in [5.74, 6) is -2.41. The molecule has 1 atom stereocenters. The first-order chi connectivity index (χ1) is 11.9. The molecule has 0 aliphatic carbocycles. The van der Waals surface area contributed by atoms with Crippen molar-refractivity contribution in [1.82, 2.24) is 14.8 Å². The van der Waals surface area contributed by atoms with E-state index in [0.717, 1.165) is 0 Å². The smallest absolute Gasteiger partial charge is 0.262 e. The van der Waals surface area contributed by atoms with Gasteiger partial charge in [-0.15, -0.1) is 0 Å². The molecule has 2 aliphatic heterocycles. The molecule has 0 radical (unpaired) electrons. The van der Waals surface area contributed by atoms with Gasteiger partial charge in [0.25, 0.3) is 11.8 Å². The molecule has 0 aromatic carbocycles. The number of rotatable bonds is 4. The Labute approximate surface area is 145 Å². The third-order valence-corrected chi connectivity index (χ3v) is 5.04. The summed E-state index contributed by atoms with van der Waals surface area (Å²) in [6, 6.07) is 2.79. The number of methoxy groups -OCH3 is 1. The number of ether oxygens (including phenoxy) is 1. The largest absolute Gasteiger partial charge is 0.481 e. The maximum absolute atomic E-state index is 13.6. The van der Waals surface area contributed by atoms with Gasteiger partial charge in [-0.05, 0) is 18.9 Å². The fraction of sp³-hybridized carbons (Fsp3) is 0.647. The molecule has 3 rings (SSSR count). The van der Waals surface area contributed by atoms with Gasteiger partial charge >= 0.3 is 0 Å². The minimum absolute atomic E-state index is 0.0245. The standard InChI is InChI=1S/C17H23F2N3O3/c1-25-15-3-2-12(9-20-15)16(24)21-6-4-13(5-7-21)22-11-17(18,19)8-14(22)10-23/h2-3,9,13-14,23H,4-8,10-11H2,1H3/t14-/m0/s1. The number of aromatic nitrogens is 1. The van der Waals surface area contributed by atoms with Crippen molar-refractivity contribution in [1.29, 1.82) is 0 Å². The van der Waals surface area contributed by atoms with E-state index in [1.54, 1.807) is 21.9 Å². The Morgan fingerprint density at radius 3 is 2.68 bits per heavy atom. The van der Waals surface area contributed by atoms with Crippen molar-refractivity contribution in [2.24, 2.45) is 0 Å². The monoisotopic (exact) mass is 355 g/mol. The van der Waals surface area contributed by atoms with E-state index in [1.165, 1.54) is 13.3 Å². The molecule has 2 fully saturated rings. The number of halogens is 2. The van der Waals surface area contributed by atoms with Gasteiger partial charge < -0.3 is 14.7 Å². The molecule has 1 aromatic rings. The SMILES string of the molecule is COc1ccc(C(=O)N2CCC(N3CC(F)(F)C[C@H]3CO)CC2)cn1. The lowest BCUT2D eigenvalue weighted by Crippen LogP contribution is -2.49. The van der Waals surface area contributed by atoms with Gasteiger partial charge in [0, 0.05) is 43.9 Å². The first kappa shape index (κ1) is 18.0. The number of aliphatic hydroxyl groups is 1. The zero-order chi connectivity index (χ0) is 18.0. The first-order valence-corrected chi connectivity index (χ1v) is 8.47. The Bertz CT molecular complexity index is 604. The van der Waals surface area contributed by atoms with Crippen LogP contribution in [0.5, 0.6) is 5.88 Å². The highest BCUT2D eigenvalue weighted by Crippen LogP contribution is 2.35. The van der Waals surface area contributed by atoms with Crippen LogP contribution in [0.4, 0.5) is 8.78 Å². The second kappa shape index (κ2) is 7.21. The number of alkyl halides is 2. The number of nitrogens with zero attached hydrogens (tertiary/aromatic N) is 3. The molecule has 3 heterocycles. The fourth-order valence-electron chi connectivity index (χ4n) is 3.73. The molecule has 2 saturated heterocycles. The molecule has 1 amide bonds. The van der Waals surface area contributed by atoms with E-state index in [9.17, 15) is 18.7 Å². The van der Waals surface area contributed by atoms with E-state index in [2.05, 4.69) is 4.98 Å². The lowest BCUT2D eigenvalue weighted by Gasteiger charge is -2.38. The highest BCUT2D eigenvalue weighted by molar-refractivity contribution is 5.94. The third kappa shape index (κ3) is 3.90. The van der Waals surface area contributed by atoms with E-state index in [-0.39, 0.29) is 31.5 Å². The Morgan fingerprint density at radius 2 is 2.12 bits per heavy atom. The van der Waals surface area contributed by atoms with Gasteiger partial charge in [-0.2, -0.15) is 0 Å². The Balaban J connectivity index is 1.58. The zero-order valence-electron chi connectivity index (χ0n) is 14.2. The topological polar surface area (TPSA) is 65.9 Å². The van der Waals surface area contributed by atoms with Crippen LogP contribution in [0.25, 0.3) is 0 Å². The maximum Gasteiger partial charge on any atom is 0.262 e. The molecule has 138 valence electrons. The van der Waals surface area contributed by atoms with E-state index >= 15 is 0 Å². The first-order valence-electron chi connectivity index (χ1n) is 8.47. The van der Waals surface area contributed by atoms with Gasteiger partial charge in [0.2, 0.25) is 5.88 Å². The molecular weight excluding hydrogens is 332 g/mol. The van der Waals surface area contributed by atoms with E-state index < -0.39 is 12.0 Å². The van der Waals surface area contributed by atoms with E-state index in [0.29, 0.717) is 37.4 Å². The second-order valence-electron chi connectivity index (χ2n) is 6.68. The molecule has 25 heavy (non-hydrogen) atoms. The van der Waals surface area contributed by atoms with Crippen LogP contribution in [0.15, 0.2) is 18.3 Å². The Kier molecular flexibility index (Phi) is 5.19. The van der Waals surface area contributed by atoms with Crippen molar-refractivity contribution in [2.45, 2.75) is 37.3 Å². The molecule has 8 heteroatoms. The van der Waals surface area contributed by atoms with Crippen LogP contribution in [-0.4, -0.2) is 77.2 Å². The van der Waals surface area contributed by atoms with Crippen LogP contribution in [-0.2, 0) is 0 Å². The normalized spacial score (nSPS) is 24.5. The minimum Gasteiger partial charge on any atom is -0.481 e. The maximum atomic E-state index is 13.6. The molecule has 1 N–H and O–H groups in total. The van der Waals surface area contributed by atoms with Crippen LogP contribution in [0, 0.1) is 0 Å². The number of pyridine rings is 1. The summed E-state index contributed by atoms with van der Waals surface area (Å²) in [5, 5.41) is 9.37. The van der Waals surface area contributed by atoms with Crippen LogP contribution < -0.4 is 4.74 Å². The number of hydrogen-bond donors (Lipinski definition) is 1. The number of piperidine rings is 1. The van der Waals surface area contributed by atoms with Crippen molar-refractivity contribution in [3.8, 4) is 5.88 Å². The highest BCUT2D eigenvalue weighted by Gasteiger charge is 2.47. The summed E-state index contributed by atoms with van der Waals surface area (Å²) < 4.78 is 32.3. The summed E-state index contributed by atoms with van der Waals surface area (Å²) in [5.41, 5.74) is 0.486. The average Bonchev–Trinajstić information content (AvgIpc) is 2.96. The predicted molar refractivity (Wildman–Crippen MR) is 86.9 cm³/mol. The Morgan fingerprint density at radius 1 is 1.40 bits per heavy atom. The number of amides is 1. The van der Waals surface area contributed by atoms with Crippen molar-refractivity contribution in [2.75, 3.05) is 33.4 Å². The fourth-order valence-corrected chi connectivity index (χ4v) is 3.73. The summed E-state index contributed by atoms with van der Waals surface area (Å²) in [4.78, 5) is 20.0. The van der Waals surface area contributed by atoms with Gasteiger partial charge in [0.05, 0.1) is 25.8 Å². The lowest BCUT2D eigenvalue weighted by molar-refractivity contribution is 0.00296. The van der Waals surface area contributed by atoms with Crippen LogP contribution >= 0.6 is 0 Å². The minimum atomic E-state index is -2.74. The van der Waals surface area contributed by atoms with Crippen molar-refractivity contribution >= 4 is 5.91 Å². The quantitative estimate of drug-likeness (QED) is 0.884. The van der Waals surface area contributed by atoms with Crippen molar-refractivity contribution in [3.05, 3.63) is 23.9 Å². The summed E-state index contributed by atoms with van der Waals surface area (Å²) >= 11 is 0. The summed E-state index contributed by atoms with van der Waals surface area (Å²) in [6.45, 7) is 0.455. The average molecular weight is 355 g/mol. The van der Waals surface area contributed by atoms with Crippen LogP contribution in [0.2, 0.25) is 0 Å². The molecule has 0 unspecified atom stereocenters. The van der Waals surface area contributed by atoms with Crippen LogP contribution in [0.3, 0.4) is 0 Å². The predicted octanol–water partition coefficient (Wildman–Crippen LogP) is 1.40. The number of carbonyl (C=O) groups excluding carboxylic acids is 1. The summed E-state index contributed by atoms with van der Waals surface area (Å²) in [6.07, 6.45) is 2.44. The zero-order valence-corrected chi connectivity index (χ0v) is 14.2. The van der Waals surface area contributed by atoms with Gasteiger partial charge in [0.1, 0.15) is 0 Å². The van der Waals surface area contributed by atoms with Gasteiger partial charge in [-0.25, -0.2) is 13.8 Å². The Hall–Kier alpha value is -1.80. The number of aliphatic hydroxyl groups excluding tert-OH is 1. The summed E-state index contributed by atoms with van der Waals surface area (Å²) in [7, 11) is 1.51. The number of carbonyl (C=O) groups is 1. The molecule has 6 nitrogen and oxygen atoms in total. The van der Waals surface area contributed by atoms with Crippen molar-refractivity contribution < 1.29 is 23.4 Å². The van der Waals surface area contributed by atoms with Gasteiger partial charge in [-0.3, -0.25) is 9.69 Å². The van der Waals surface area contributed by atoms with E-state index in [1.807, 2.05) is 0 Å².